The molecule has 0 aliphatic rings. The van der Waals surface area contributed by atoms with E-state index >= 15 is 0 Å². The van der Waals surface area contributed by atoms with Crippen LogP contribution in [0.15, 0.2) is 54.7 Å². The van der Waals surface area contributed by atoms with Gasteiger partial charge in [-0.3, -0.25) is 4.79 Å². The SMILES string of the molecule is COc1ccc2ccccc2c1CNC(=O)CCc1nc2ncccc2[nH]1. The maximum Gasteiger partial charge on any atom is 0.220 e. The number of aromatic amines is 1. The zero-order chi connectivity index (χ0) is 18.6. The summed E-state index contributed by atoms with van der Waals surface area (Å²) in [6.45, 7) is 0.422. The predicted octanol–water partition coefficient (Wildman–Crippen LogP) is 3.37. The number of fused-ring (bicyclic) bond motifs is 2. The molecular weight excluding hydrogens is 340 g/mol. The zero-order valence-corrected chi connectivity index (χ0v) is 15.0. The second kappa shape index (κ2) is 7.45. The van der Waals surface area contributed by atoms with E-state index in [0.29, 0.717) is 25.0 Å². The number of carbonyl (C=O) groups is 1. The molecule has 0 unspecified atom stereocenters. The average molecular weight is 360 g/mol. The molecule has 2 N–H and O–H groups in total. The van der Waals surface area contributed by atoms with E-state index in [1.165, 1.54) is 0 Å². The van der Waals surface area contributed by atoms with Gasteiger partial charge in [0, 0.05) is 31.1 Å². The molecule has 2 aromatic carbocycles. The number of hydrogen-bond donors (Lipinski definition) is 2. The van der Waals surface area contributed by atoms with E-state index in [0.717, 1.165) is 33.4 Å². The summed E-state index contributed by atoms with van der Waals surface area (Å²) in [6.07, 6.45) is 2.60. The highest BCUT2D eigenvalue weighted by Gasteiger charge is 2.11. The Balaban J connectivity index is 1.42. The number of carbonyl (C=O) groups excluding carboxylic acids is 1. The van der Waals surface area contributed by atoms with Crippen molar-refractivity contribution < 1.29 is 9.53 Å². The molecule has 2 aromatic heterocycles. The van der Waals surface area contributed by atoms with Gasteiger partial charge in [-0.05, 0) is 29.0 Å². The van der Waals surface area contributed by atoms with Crippen LogP contribution in [0, 0.1) is 0 Å². The summed E-state index contributed by atoms with van der Waals surface area (Å²) in [4.78, 5) is 24.1. The van der Waals surface area contributed by atoms with Gasteiger partial charge in [0.15, 0.2) is 5.65 Å². The molecule has 4 rings (SSSR count). The molecule has 0 atom stereocenters. The van der Waals surface area contributed by atoms with Gasteiger partial charge in [0.1, 0.15) is 11.6 Å². The molecule has 6 heteroatoms. The monoisotopic (exact) mass is 360 g/mol. The van der Waals surface area contributed by atoms with Crippen LogP contribution in [0.1, 0.15) is 17.8 Å². The topological polar surface area (TPSA) is 79.9 Å². The first-order chi connectivity index (χ1) is 13.2. The number of imidazole rings is 1. The number of methoxy groups -OCH3 is 1. The second-order valence-corrected chi connectivity index (χ2v) is 6.30. The number of rotatable bonds is 6. The molecule has 0 saturated heterocycles. The summed E-state index contributed by atoms with van der Waals surface area (Å²) in [6, 6.07) is 15.8. The van der Waals surface area contributed by atoms with Crippen molar-refractivity contribution in [3.63, 3.8) is 0 Å². The number of aromatic nitrogens is 3. The molecule has 2 heterocycles. The highest BCUT2D eigenvalue weighted by molar-refractivity contribution is 5.88. The highest BCUT2D eigenvalue weighted by atomic mass is 16.5. The Morgan fingerprint density at radius 1 is 1.15 bits per heavy atom. The van der Waals surface area contributed by atoms with E-state index in [2.05, 4.69) is 26.3 Å². The fraction of sp³-hybridized carbons (Fsp3) is 0.190. The van der Waals surface area contributed by atoms with Crippen molar-refractivity contribution in [2.24, 2.45) is 0 Å². The van der Waals surface area contributed by atoms with Crippen molar-refractivity contribution in [3.05, 3.63) is 66.1 Å². The van der Waals surface area contributed by atoms with E-state index in [1.807, 2.05) is 42.5 Å². The Kier molecular flexibility index (Phi) is 4.70. The van der Waals surface area contributed by atoms with Gasteiger partial charge in [0.25, 0.3) is 0 Å². The summed E-state index contributed by atoms with van der Waals surface area (Å²) in [7, 11) is 1.64. The van der Waals surface area contributed by atoms with E-state index in [1.54, 1.807) is 13.3 Å². The lowest BCUT2D eigenvalue weighted by Crippen LogP contribution is -2.23. The van der Waals surface area contributed by atoms with Gasteiger partial charge >= 0.3 is 0 Å². The Hall–Kier alpha value is -3.41. The smallest absolute Gasteiger partial charge is 0.220 e. The highest BCUT2D eigenvalue weighted by Crippen LogP contribution is 2.27. The normalized spacial score (nSPS) is 11.0. The van der Waals surface area contributed by atoms with Crippen LogP contribution < -0.4 is 10.1 Å². The van der Waals surface area contributed by atoms with Crippen molar-refractivity contribution in [3.8, 4) is 5.75 Å². The Bertz CT molecular complexity index is 1070. The maximum atomic E-state index is 12.3. The van der Waals surface area contributed by atoms with Gasteiger partial charge in [-0.2, -0.15) is 0 Å². The molecule has 0 radical (unpaired) electrons. The molecule has 0 aliphatic heterocycles. The zero-order valence-electron chi connectivity index (χ0n) is 15.0. The Morgan fingerprint density at radius 3 is 2.89 bits per heavy atom. The second-order valence-electron chi connectivity index (χ2n) is 6.30. The molecule has 136 valence electrons. The van der Waals surface area contributed by atoms with Gasteiger partial charge in [0.05, 0.1) is 12.6 Å². The minimum absolute atomic E-state index is 0.0293. The van der Waals surface area contributed by atoms with E-state index in [9.17, 15) is 4.79 Å². The largest absolute Gasteiger partial charge is 0.496 e. The summed E-state index contributed by atoms with van der Waals surface area (Å²) in [5.41, 5.74) is 2.54. The number of hydrogen-bond acceptors (Lipinski definition) is 4. The number of aryl methyl sites for hydroxylation is 1. The van der Waals surface area contributed by atoms with Crippen LogP contribution in [0.25, 0.3) is 21.9 Å². The first-order valence-corrected chi connectivity index (χ1v) is 8.85. The molecule has 1 amide bonds. The first kappa shape index (κ1) is 17.0. The van der Waals surface area contributed by atoms with E-state index in [4.69, 9.17) is 4.74 Å². The molecule has 0 fully saturated rings. The lowest BCUT2D eigenvalue weighted by atomic mass is 10.0. The minimum Gasteiger partial charge on any atom is -0.496 e. The number of H-pyrrole nitrogens is 1. The molecule has 27 heavy (non-hydrogen) atoms. The van der Waals surface area contributed by atoms with Crippen molar-refractivity contribution in [2.75, 3.05) is 7.11 Å². The summed E-state index contributed by atoms with van der Waals surface area (Å²) >= 11 is 0. The summed E-state index contributed by atoms with van der Waals surface area (Å²) in [5, 5.41) is 5.20. The first-order valence-electron chi connectivity index (χ1n) is 8.85. The number of nitrogens with zero attached hydrogens (tertiary/aromatic N) is 2. The van der Waals surface area contributed by atoms with Crippen LogP contribution >= 0.6 is 0 Å². The van der Waals surface area contributed by atoms with Crippen LogP contribution in [-0.4, -0.2) is 28.0 Å². The number of pyridine rings is 1. The van der Waals surface area contributed by atoms with E-state index < -0.39 is 0 Å². The van der Waals surface area contributed by atoms with Gasteiger partial charge in [-0.15, -0.1) is 0 Å². The number of nitrogens with one attached hydrogen (secondary N) is 2. The third-order valence-electron chi connectivity index (χ3n) is 4.58. The lowest BCUT2D eigenvalue weighted by Gasteiger charge is -2.13. The van der Waals surface area contributed by atoms with Gasteiger partial charge in [-0.25, -0.2) is 9.97 Å². The number of ether oxygens (including phenoxy) is 1. The average Bonchev–Trinajstić information content (AvgIpc) is 3.13. The van der Waals surface area contributed by atoms with Gasteiger partial charge < -0.3 is 15.0 Å². The van der Waals surface area contributed by atoms with Crippen LogP contribution in [0.4, 0.5) is 0 Å². The van der Waals surface area contributed by atoms with Crippen molar-refractivity contribution in [1.82, 2.24) is 20.3 Å². The Labute approximate surface area is 156 Å². The molecular formula is C21H20N4O2. The van der Waals surface area contributed by atoms with Gasteiger partial charge in [0.2, 0.25) is 5.91 Å². The third kappa shape index (κ3) is 3.60. The van der Waals surface area contributed by atoms with Crippen molar-refractivity contribution in [2.45, 2.75) is 19.4 Å². The quantitative estimate of drug-likeness (QED) is 0.552. The standard InChI is InChI=1S/C21H20N4O2/c1-27-18-9-8-14-5-2-3-6-15(14)16(18)13-23-20(26)11-10-19-24-17-7-4-12-22-21(17)25-19/h2-9,12H,10-11,13H2,1H3,(H,23,26)(H,22,24,25). The Morgan fingerprint density at radius 2 is 2.04 bits per heavy atom. The fourth-order valence-electron chi connectivity index (χ4n) is 3.21. The summed E-state index contributed by atoms with van der Waals surface area (Å²) < 4.78 is 5.48. The van der Waals surface area contributed by atoms with Crippen LogP contribution in [0.3, 0.4) is 0 Å². The fourth-order valence-corrected chi connectivity index (χ4v) is 3.21. The van der Waals surface area contributed by atoms with Gasteiger partial charge in [-0.1, -0.05) is 30.3 Å². The lowest BCUT2D eigenvalue weighted by molar-refractivity contribution is -0.121. The molecule has 0 bridgehead atoms. The van der Waals surface area contributed by atoms with Crippen LogP contribution in [0.2, 0.25) is 0 Å². The van der Waals surface area contributed by atoms with Crippen LogP contribution in [-0.2, 0) is 17.8 Å². The maximum absolute atomic E-state index is 12.3. The molecule has 6 nitrogen and oxygen atoms in total. The number of amides is 1. The van der Waals surface area contributed by atoms with Crippen molar-refractivity contribution in [1.29, 1.82) is 0 Å². The molecule has 4 aromatic rings. The molecule has 0 spiro atoms. The third-order valence-corrected chi connectivity index (χ3v) is 4.58. The minimum atomic E-state index is -0.0293. The molecule has 0 aliphatic carbocycles. The molecule has 0 saturated carbocycles. The summed E-state index contributed by atoms with van der Waals surface area (Å²) in [5.74, 6) is 1.51. The van der Waals surface area contributed by atoms with Crippen LogP contribution in [0.5, 0.6) is 5.75 Å². The van der Waals surface area contributed by atoms with E-state index in [-0.39, 0.29) is 5.91 Å². The van der Waals surface area contributed by atoms with Crippen molar-refractivity contribution >= 4 is 27.8 Å². The predicted molar refractivity (Wildman–Crippen MR) is 105 cm³/mol. The number of benzene rings is 2.